The number of benzene rings is 1. The number of carbonyl (C=O) groups excluding carboxylic acids is 1. The average Bonchev–Trinajstić information content (AvgIpc) is 3.15. The van der Waals surface area contributed by atoms with Gasteiger partial charge in [-0.2, -0.15) is 0 Å². The maximum atomic E-state index is 12.2. The predicted molar refractivity (Wildman–Crippen MR) is 133 cm³/mol. The van der Waals surface area contributed by atoms with E-state index in [1.165, 1.54) is 11.8 Å². The lowest BCUT2D eigenvalue weighted by atomic mass is 10.1. The van der Waals surface area contributed by atoms with Crippen LogP contribution in [0.5, 0.6) is 0 Å². The van der Waals surface area contributed by atoms with Gasteiger partial charge in [0.2, 0.25) is 5.82 Å². The minimum absolute atomic E-state index is 0.0466. The predicted octanol–water partition coefficient (Wildman–Crippen LogP) is 2.95. The minimum atomic E-state index is -0.337. The second kappa shape index (κ2) is 9.32. The van der Waals surface area contributed by atoms with Gasteiger partial charge in [-0.25, -0.2) is 15.0 Å². The summed E-state index contributed by atoms with van der Waals surface area (Å²) in [4.78, 5) is 32.5. The molecule has 0 aliphatic carbocycles. The van der Waals surface area contributed by atoms with Crippen molar-refractivity contribution in [3.63, 3.8) is 0 Å². The molecule has 4 N–H and O–H groups in total. The number of H-pyrrole nitrogens is 1. The molecule has 5 rings (SSSR count). The second-order valence-corrected chi connectivity index (χ2v) is 9.55. The van der Waals surface area contributed by atoms with Gasteiger partial charge in [-0.3, -0.25) is 4.79 Å². The van der Waals surface area contributed by atoms with Crippen molar-refractivity contribution in [1.29, 1.82) is 0 Å². The molecule has 1 aliphatic rings. The monoisotopic (exact) mass is 497 g/mol. The number of carbonyl (C=O) groups is 1. The van der Waals surface area contributed by atoms with E-state index >= 15 is 0 Å². The lowest BCUT2D eigenvalue weighted by Gasteiger charge is -2.38. The van der Waals surface area contributed by atoms with Crippen molar-refractivity contribution >= 4 is 57.2 Å². The molecule has 1 aliphatic heterocycles. The van der Waals surface area contributed by atoms with Crippen LogP contribution in [-0.2, 0) is 6.42 Å². The van der Waals surface area contributed by atoms with E-state index in [-0.39, 0.29) is 17.8 Å². The molecule has 3 aromatic heterocycles. The highest BCUT2D eigenvalue weighted by atomic mass is 35.5. The van der Waals surface area contributed by atoms with Gasteiger partial charge < -0.3 is 20.9 Å². The molecule has 10 nitrogen and oxygen atoms in total. The fourth-order valence-electron chi connectivity index (χ4n) is 3.77. The number of aromatic amines is 1. The van der Waals surface area contributed by atoms with Crippen molar-refractivity contribution in [3.05, 3.63) is 34.7 Å². The summed E-state index contributed by atoms with van der Waals surface area (Å²) in [6, 6.07) is 5.71. The minimum Gasteiger partial charge on any atom is -0.353 e. The number of hydrogen-bond donors (Lipinski definition) is 3. The number of aryl methyl sites for hydroxylation is 1. The van der Waals surface area contributed by atoms with Crippen LogP contribution in [0, 0.1) is 0 Å². The number of nitrogens with one attached hydrogen (secondary N) is 2. The first-order chi connectivity index (χ1) is 16.5. The van der Waals surface area contributed by atoms with Crippen molar-refractivity contribution in [3.8, 4) is 0 Å². The first-order valence-electron chi connectivity index (χ1n) is 11.2. The van der Waals surface area contributed by atoms with Gasteiger partial charge in [0.05, 0.1) is 15.9 Å². The zero-order valence-electron chi connectivity index (χ0n) is 18.8. The Balaban J connectivity index is 1.49. The van der Waals surface area contributed by atoms with E-state index in [1.54, 1.807) is 0 Å². The highest BCUT2D eigenvalue weighted by molar-refractivity contribution is 7.99. The molecule has 0 radical (unpaired) electrons. The molecule has 1 amide bonds. The van der Waals surface area contributed by atoms with Gasteiger partial charge in [0, 0.05) is 36.3 Å². The molecule has 0 saturated carbocycles. The quantitative estimate of drug-likeness (QED) is 0.329. The third-order valence-corrected chi connectivity index (χ3v) is 6.83. The Bertz CT molecular complexity index is 1390. The normalized spacial score (nSPS) is 14.1. The van der Waals surface area contributed by atoms with Gasteiger partial charge >= 0.3 is 0 Å². The summed E-state index contributed by atoms with van der Waals surface area (Å²) in [6.07, 6.45) is 1.59. The Labute approximate surface area is 205 Å². The Kier molecular flexibility index (Phi) is 6.24. The molecule has 176 valence electrons. The molecular formula is C22H24ClN9OS. The number of amides is 1. The van der Waals surface area contributed by atoms with Crippen LogP contribution in [0.4, 0.5) is 5.82 Å². The molecule has 0 bridgehead atoms. The van der Waals surface area contributed by atoms with Crippen LogP contribution in [0.15, 0.2) is 28.3 Å². The van der Waals surface area contributed by atoms with Crippen LogP contribution >= 0.6 is 23.4 Å². The second-order valence-electron chi connectivity index (χ2n) is 8.13. The molecule has 4 aromatic rings. The highest BCUT2D eigenvalue weighted by Crippen LogP contribution is 2.38. The van der Waals surface area contributed by atoms with Crippen LogP contribution in [0.25, 0.3) is 22.1 Å². The van der Waals surface area contributed by atoms with Crippen LogP contribution < -0.4 is 16.0 Å². The zero-order valence-corrected chi connectivity index (χ0v) is 20.4. The van der Waals surface area contributed by atoms with Crippen LogP contribution in [0.3, 0.4) is 0 Å². The van der Waals surface area contributed by atoms with Crippen molar-refractivity contribution in [2.24, 2.45) is 5.73 Å². The fourth-order valence-corrected chi connectivity index (χ4v) is 4.91. The summed E-state index contributed by atoms with van der Waals surface area (Å²) in [7, 11) is 0. The summed E-state index contributed by atoms with van der Waals surface area (Å²) in [5.41, 5.74) is 8.83. The maximum absolute atomic E-state index is 12.2. The molecule has 12 heteroatoms. The van der Waals surface area contributed by atoms with E-state index in [1.807, 2.05) is 32.0 Å². The smallest absolute Gasteiger partial charge is 0.291 e. The maximum Gasteiger partial charge on any atom is 0.291 e. The molecule has 34 heavy (non-hydrogen) atoms. The summed E-state index contributed by atoms with van der Waals surface area (Å²) in [5, 5.41) is 12.9. The molecule has 1 fully saturated rings. The van der Waals surface area contributed by atoms with Crippen LogP contribution in [-0.4, -0.2) is 61.7 Å². The van der Waals surface area contributed by atoms with Crippen molar-refractivity contribution in [1.82, 2.24) is 35.5 Å². The number of fused-ring (bicyclic) bond motifs is 2. The van der Waals surface area contributed by atoms with E-state index in [0.717, 1.165) is 47.7 Å². The van der Waals surface area contributed by atoms with Gasteiger partial charge in [0.15, 0.2) is 5.16 Å². The first kappa shape index (κ1) is 22.8. The van der Waals surface area contributed by atoms with E-state index in [9.17, 15) is 4.79 Å². The summed E-state index contributed by atoms with van der Waals surface area (Å²) in [5.74, 6) is 0.496. The van der Waals surface area contributed by atoms with Crippen LogP contribution in [0.2, 0.25) is 5.02 Å². The zero-order chi connectivity index (χ0) is 23.8. The largest absolute Gasteiger partial charge is 0.353 e. The topological polar surface area (TPSA) is 139 Å². The number of anilines is 1. The first-order valence-corrected chi connectivity index (χ1v) is 12.3. The van der Waals surface area contributed by atoms with E-state index in [0.29, 0.717) is 33.4 Å². The number of hydrogen-bond acceptors (Lipinski definition) is 9. The number of rotatable bonds is 7. The van der Waals surface area contributed by atoms with E-state index in [4.69, 9.17) is 27.3 Å². The van der Waals surface area contributed by atoms with Gasteiger partial charge in [-0.1, -0.05) is 25.4 Å². The van der Waals surface area contributed by atoms with Gasteiger partial charge in [-0.05, 0) is 42.8 Å². The molecule has 1 aromatic carbocycles. The lowest BCUT2D eigenvalue weighted by molar-refractivity contribution is 0.0942. The lowest BCUT2D eigenvalue weighted by Crippen LogP contribution is -2.56. The molecule has 0 spiro atoms. The number of aromatic nitrogens is 6. The Morgan fingerprint density at radius 3 is 2.79 bits per heavy atom. The SMILES string of the molecule is CCCNC(=O)c1nnc2ccc(Sc3nc(N4CC(N)C4)c4c(Cl)c(CC)[nH]c4n3)cc2n1. The summed E-state index contributed by atoms with van der Waals surface area (Å²) >= 11 is 8.05. The highest BCUT2D eigenvalue weighted by Gasteiger charge is 2.29. The molecular weight excluding hydrogens is 474 g/mol. The Morgan fingerprint density at radius 1 is 1.24 bits per heavy atom. The molecule has 0 atom stereocenters. The van der Waals surface area contributed by atoms with E-state index < -0.39 is 0 Å². The number of halogens is 1. The molecule has 4 heterocycles. The Morgan fingerprint density at radius 2 is 2.06 bits per heavy atom. The average molecular weight is 498 g/mol. The van der Waals surface area contributed by atoms with Gasteiger partial charge in [-0.15, -0.1) is 10.2 Å². The Hall–Kier alpha value is -3.02. The molecule has 0 unspecified atom stereocenters. The van der Waals surface area contributed by atoms with Gasteiger partial charge in [0.25, 0.3) is 5.91 Å². The van der Waals surface area contributed by atoms with Crippen LogP contribution in [0.1, 0.15) is 36.6 Å². The fraction of sp³-hybridized carbons (Fsp3) is 0.364. The van der Waals surface area contributed by atoms with E-state index in [2.05, 4.69) is 30.4 Å². The number of nitrogens with zero attached hydrogens (tertiary/aromatic N) is 6. The molecule has 1 saturated heterocycles. The van der Waals surface area contributed by atoms with Crippen molar-refractivity contribution < 1.29 is 4.79 Å². The summed E-state index contributed by atoms with van der Waals surface area (Å²) < 4.78 is 0. The third kappa shape index (κ3) is 4.26. The third-order valence-electron chi connectivity index (χ3n) is 5.56. The standard InChI is InChI=1S/C22H24ClN9OS/c1-3-7-25-21(33)19-27-15-8-12(5-6-14(15)30-31-19)34-22-28-18-16(17(23)13(4-2)26-18)20(29-22)32-9-11(24)10-32/h5-6,8,11H,3-4,7,9-10,24H2,1-2H3,(H,25,33)(H,26,28,29). The summed E-state index contributed by atoms with van der Waals surface area (Å²) in [6.45, 7) is 6.03. The van der Waals surface area contributed by atoms with Gasteiger partial charge in [0.1, 0.15) is 17.0 Å². The van der Waals surface area contributed by atoms with Crippen molar-refractivity contribution in [2.75, 3.05) is 24.5 Å². The number of nitrogens with two attached hydrogens (primary N) is 1. The van der Waals surface area contributed by atoms with Crippen molar-refractivity contribution in [2.45, 2.75) is 42.8 Å².